The molecule has 0 aromatic heterocycles. The molecule has 0 radical (unpaired) electrons. The Hall–Kier alpha value is -0.950. The molecule has 0 saturated carbocycles. The van der Waals surface area contributed by atoms with Gasteiger partial charge in [-0.05, 0) is 19.1 Å². The van der Waals surface area contributed by atoms with Crippen molar-refractivity contribution in [2.24, 2.45) is 0 Å². The standard InChI is InChI=1S/C16H26N2O3S/c1-2-21-14-12-17-8-10-18(11-9-17)13-15-22(19,20)16-6-4-3-5-7-16/h3-7H,2,8-15H2,1H3. The summed E-state index contributed by atoms with van der Waals surface area (Å²) in [4.78, 5) is 5.03. The molecule has 22 heavy (non-hydrogen) atoms. The normalized spacial score (nSPS) is 17.7. The number of ether oxygens (including phenoxy) is 1. The summed E-state index contributed by atoms with van der Waals surface area (Å²) in [6.45, 7) is 8.94. The van der Waals surface area contributed by atoms with Gasteiger partial charge in [-0.1, -0.05) is 18.2 Å². The molecule has 0 unspecified atom stereocenters. The van der Waals surface area contributed by atoms with Crippen LogP contribution in [0.4, 0.5) is 0 Å². The van der Waals surface area contributed by atoms with Gasteiger partial charge in [0.2, 0.25) is 0 Å². The Balaban J connectivity index is 1.73. The third-order valence-corrected chi connectivity index (χ3v) is 5.71. The minimum absolute atomic E-state index is 0.190. The van der Waals surface area contributed by atoms with Crippen molar-refractivity contribution in [3.8, 4) is 0 Å². The van der Waals surface area contributed by atoms with Gasteiger partial charge < -0.3 is 4.74 Å². The fourth-order valence-corrected chi connectivity index (χ4v) is 3.88. The Morgan fingerprint density at radius 1 is 1.00 bits per heavy atom. The molecule has 1 aromatic carbocycles. The summed E-state index contributed by atoms with van der Waals surface area (Å²) >= 11 is 0. The highest BCUT2D eigenvalue weighted by atomic mass is 32.2. The number of sulfone groups is 1. The van der Waals surface area contributed by atoms with Gasteiger partial charge in [0.25, 0.3) is 0 Å². The van der Waals surface area contributed by atoms with E-state index in [-0.39, 0.29) is 5.75 Å². The number of piperazine rings is 1. The summed E-state index contributed by atoms with van der Waals surface area (Å²) in [5.41, 5.74) is 0. The molecule has 1 saturated heterocycles. The molecule has 6 heteroatoms. The van der Waals surface area contributed by atoms with Gasteiger partial charge in [0.1, 0.15) is 0 Å². The molecular weight excluding hydrogens is 300 g/mol. The number of rotatable bonds is 8. The molecular formula is C16H26N2O3S. The van der Waals surface area contributed by atoms with E-state index in [1.165, 1.54) is 0 Å². The first-order chi connectivity index (χ1) is 10.6. The van der Waals surface area contributed by atoms with E-state index in [0.717, 1.165) is 45.9 Å². The summed E-state index contributed by atoms with van der Waals surface area (Å²) in [6, 6.07) is 8.70. The van der Waals surface area contributed by atoms with Crippen LogP contribution in [0.3, 0.4) is 0 Å². The van der Waals surface area contributed by atoms with Crippen LogP contribution < -0.4 is 0 Å². The fourth-order valence-electron chi connectivity index (χ4n) is 2.57. The zero-order valence-corrected chi connectivity index (χ0v) is 14.1. The molecule has 2 rings (SSSR count). The predicted molar refractivity (Wildman–Crippen MR) is 87.9 cm³/mol. The molecule has 1 aliphatic heterocycles. The lowest BCUT2D eigenvalue weighted by molar-refractivity contribution is 0.0828. The molecule has 5 nitrogen and oxygen atoms in total. The highest BCUT2D eigenvalue weighted by molar-refractivity contribution is 7.91. The van der Waals surface area contributed by atoms with E-state index in [0.29, 0.717) is 11.4 Å². The average Bonchev–Trinajstić information content (AvgIpc) is 2.55. The van der Waals surface area contributed by atoms with Gasteiger partial charge in [-0.15, -0.1) is 0 Å². The maximum absolute atomic E-state index is 12.3. The largest absolute Gasteiger partial charge is 0.380 e. The summed E-state index contributed by atoms with van der Waals surface area (Å²) in [6.07, 6.45) is 0. The molecule has 1 heterocycles. The zero-order valence-electron chi connectivity index (χ0n) is 13.3. The quantitative estimate of drug-likeness (QED) is 0.670. The Kier molecular flexibility index (Phi) is 6.82. The van der Waals surface area contributed by atoms with Crippen LogP contribution in [-0.2, 0) is 14.6 Å². The van der Waals surface area contributed by atoms with Crippen molar-refractivity contribution in [1.29, 1.82) is 0 Å². The smallest absolute Gasteiger partial charge is 0.179 e. The SMILES string of the molecule is CCOCCN1CCN(CCS(=O)(=O)c2ccccc2)CC1. The van der Waals surface area contributed by atoms with Gasteiger partial charge in [-0.3, -0.25) is 9.80 Å². The first-order valence-electron chi connectivity index (χ1n) is 7.92. The maximum atomic E-state index is 12.3. The maximum Gasteiger partial charge on any atom is 0.179 e. The van der Waals surface area contributed by atoms with Crippen LogP contribution in [0.1, 0.15) is 6.92 Å². The van der Waals surface area contributed by atoms with Crippen LogP contribution in [0.25, 0.3) is 0 Å². The minimum atomic E-state index is -3.17. The summed E-state index contributed by atoms with van der Waals surface area (Å²) in [5.74, 6) is 0.190. The van der Waals surface area contributed by atoms with E-state index >= 15 is 0 Å². The van der Waals surface area contributed by atoms with Gasteiger partial charge in [0, 0.05) is 45.9 Å². The summed E-state index contributed by atoms with van der Waals surface area (Å²) in [7, 11) is -3.17. The van der Waals surface area contributed by atoms with Gasteiger partial charge in [-0.25, -0.2) is 8.42 Å². The zero-order chi connectivity index (χ0) is 15.8. The van der Waals surface area contributed by atoms with Crippen molar-refractivity contribution in [1.82, 2.24) is 9.80 Å². The van der Waals surface area contributed by atoms with Crippen LogP contribution >= 0.6 is 0 Å². The molecule has 0 atom stereocenters. The molecule has 0 N–H and O–H groups in total. The van der Waals surface area contributed by atoms with Crippen molar-refractivity contribution in [3.63, 3.8) is 0 Å². The van der Waals surface area contributed by atoms with Gasteiger partial charge in [0.15, 0.2) is 9.84 Å². The molecule has 1 aliphatic rings. The lowest BCUT2D eigenvalue weighted by atomic mass is 10.3. The summed E-state index contributed by atoms with van der Waals surface area (Å²) < 4.78 is 29.9. The highest BCUT2D eigenvalue weighted by Gasteiger charge is 2.20. The predicted octanol–water partition coefficient (Wildman–Crippen LogP) is 1.11. The van der Waals surface area contributed by atoms with E-state index in [2.05, 4.69) is 9.80 Å². The van der Waals surface area contributed by atoms with Crippen LogP contribution in [-0.4, -0.2) is 76.5 Å². The van der Waals surface area contributed by atoms with Gasteiger partial charge >= 0.3 is 0 Å². The van der Waals surface area contributed by atoms with E-state index < -0.39 is 9.84 Å². The van der Waals surface area contributed by atoms with Crippen molar-refractivity contribution in [3.05, 3.63) is 30.3 Å². The Bertz CT molecular complexity index is 526. The second kappa shape index (κ2) is 8.62. The second-order valence-corrected chi connectivity index (χ2v) is 7.62. The molecule has 124 valence electrons. The van der Waals surface area contributed by atoms with Crippen molar-refractivity contribution in [2.45, 2.75) is 11.8 Å². The molecule has 1 fully saturated rings. The number of hydrogen-bond donors (Lipinski definition) is 0. The highest BCUT2D eigenvalue weighted by Crippen LogP contribution is 2.11. The fraction of sp³-hybridized carbons (Fsp3) is 0.625. The number of nitrogens with zero attached hydrogens (tertiary/aromatic N) is 2. The van der Waals surface area contributed by atoms with Gasteiger partial charge in [-0.2, -0.15) is 0 Å². The number of benzene rings is 1. The molecule has 0 spiro atoms. The Morgan fingerprint density at radius 2 is 1.59 bits per heavy atom. The van der Waals surface area contributed by atoms with Crippen LogP contribution in [0.15, 0.2) is 35.2 Å². The van der Waals surface area contributed by atoms with Crippen molar-refractivity contribution >= 4 is 9.84 Å². The van der Waals surface area contributed by atoms with Crippen molar-refractivity contribution in [2.75, 3.05) is 58.2 Å². The minimum Gasteiger partial charge on any atom is -0.380 e. The molecule has 0 bridgehead atoms. The third-order valence-electron chi connectivity index (χ3n) is 4.00. The van der Waals surface area contributed by atoms with E-state index in [4.69, 9.17) is 4.74 Å². The topological polar surface area (TPSA) is 49.9 Å². The third kappa shape index (κ3) is 5.35. The first kappa shape index (κ1) is 17.4. The Labute approximate surface area is 133 Å². The van der Waals surface area contributed by atoms with Crippen LogP contribution in [0.2, 0.25) is 0 Å². The summed E-state index contributed by atoms with van der Waals surface area (Å²) in [5, 5.41) is 0. The molecule has 0 amide bonds. The molecule has 1 aromatic rings. The second-order valence-electron chi connectivity index (χ2n) is 5.51. The first-order valence-corrected chi connectivity index (χ1v) is 9.57. The Morgan fingerprint density at radius 3 is 2.18 bits per heavy atom. The van der Waals surface area contributed by atoms with E-state index in [1.807, 2.05) is 13.0 Å². The lowest BCUT2D eigenvalue weighted by Crippen LogP contribution is -2.48. The van der Waals surface area contributed by atoms with Crippen molar-refractivity contribution < 1.29 is 13.2 Å². The monoisotopic (exact) mass is 326 g/mol. The van der Waals surface area contributed by atoms with E-state index in [9.17, 15) is 8.42 Å². The van der Waals surface area contributed by atoms with Gasteiger partial charge in [0.05, 0.1) is 17.3 Å². The van der Waals surface area contributed by atoms with Crippen LogP contribution in [0, 0.1) is 0 Å². The molecule has 0 aliphatic carbocycles. The number of hydrogen-bond acceptors (Lipinski definition) is 5. The van der Waals surface area contributed by atoms with E-state index in [1.54, 1.807) is 24.3 Å². The average molecular weight is 326 g/mol. The lowest BCUT2D eigenvalue weighted by Gasteiger charge is -2.34. The van der Waals surface area contributed by atoms with Crippen LogP contribution in [0.5, 0.6) is 0 Å².